The predicted octanol–water partition coefficient (Wildman–Crippen LogP) is 3.87. The van der Waals surface area contributed by atoms with E-state index in [9.17, 15) is 4.79 Å². The average molecular weight is 275 g/mol. The molecule has 0 bridgehead atoms. The van der Waals surface area contributed by atoms with Gasteiger partial charge in [0.1, 0.15) is 0 Å². The number of benzene rings is 1. The number of aryl methyl sites for hydroxylation is 2. The molecule has 3 heteroatoms. The Morgan fingerprint density at radius 3 is 2.05 bits per heavy atom. The topological polar surface area (TPSA) is 20.3 Å². The number of carbonyl (C=O) groups is 1. The summed E-state index contributed by atoms with van der Waals surface area (Å²) in [4.78, 5) is 14.5. The highest BCUT2D eigenvalue weighted by Crippen LogP contribution is 2.40. The zero-order chi connectivity index (χ0) is 14.2. The summed E-state index contributed by atoms with van der Waals surface area (Å²) in [7, 11) is -1.36. The molecule has 1 aromatic carbocycles. The lowest BCUT2D eigenvalue weighted by molar-refractivity contribution is -0.122. The van der Waals surface area contributed by atoms with E-state index in [0.29, 0.717) is 11.4 Å². The van der Waals surface area contributed by atoms with Gasteiger partial charge in [-0.1, -0.05) is 51.7 Å². The Morgan fingerprint density at radius 1 is 1.16 bits per heavy atom. The number of rotatable bonds is 4. The Bertz CT molecular complexity index is 468. The van der Waals surface area contributed by atoms with E-state index in [0.717, 1.165) is 19.4 Å². The number of anilines is 1. The molecule has 0 radical (unpaired) electrons. The Labute approximate surface area is 117 Å². The molecular weight excluding hydrogens is 250 g/mol. The quantitative estimate of drug-likeness (QED) is 0.603. The largest absolute Gasteiger partial charge is 0.311 e. The summed E-state index contributed by atoms with van der Waals surface area (Å²) in [5, 5.41) is 0. The minimum Gasteiger partial charge on any atom is -0.311 e. The van der Waals surface area contributed by atoms with Crippen LogP contribution >= 0.6 is 0 Å². The number of β-lactam (4-membered cyclic amide) rings is 1. The summed E-state index contributed by atoms with van der Waals surface area (Å²) >= 11 is 0. The molecule has 1 unspecified atom stereocenters. The molecule has 0 aromatic heterocycles. The smallest absolute Gasteiger partial charge is 0.229 e. The second-order valence-corrected chi connectivity index (χ2v) is 11.9. The lowest BCUT2D eigenvalue weighted by atomic mass is 9.99. The van der Waals surface area contributed by atoms with Gasteiger partial charge >= 0.3 is 0 Å². The molecule has 1 amide bonds. The molecule has 1 atom stereocenters. The minimum atomic E-state index is -1.36. The van der Waals surface area contributed by atoms with Crippen molar-refractivity contribution in [3.8, 4) is 0 Å². The first-order valence-corrected chi connectivity index (χ1v) is 10.9. The molecule has 1 fully saturated rings. The van der Waals surface area contributed by atoms with Crippen LogP contribution in [0.5, 0.6) is 0 Å². The summed E-state index contributed by atoms with van der Waals surface area (Å²) in [6, 6.07) is 6.43. The van der Waals surface area contributed by atoms with Crippen molar-refractivity contribution in [1.82, 2.24) is 0 Å². The lowest BCUT2D eigenvalue weighted by Crippen LogP contribution is -2.58. The molecule has 1 aliphatic rings. The Hall–Kier alpha value is -1.09. The van der Waals surface area contributed by atoms with Crippen LogP contribution < -0.4 is 4.90 Å². The normalized spacial score (nSPS) is 19.5. The van der Waals surface area contributed by atoms with Gasteiger partial charge < -0.3 is 4.90 Å². The van der Waals surface area contributed by atoms with Gasteiger partial charge in [-0.2, -0.15) is 0 Å². The fraction of sp³-hybridized carbons (Fsp3) is 0.562. The number of para-hydroxylation sites is 1. The summed E-state index contributed by atoms with van der Waals surface area (Å²) in [5.74, 6) is 0.356. The third kappa shape index (κ3) is 2.48. The third-order valence-electron chi connectivity index (χ3n) is 4.21. The molecular formula is C16H25NOSi. The second kappa shape index (κ2) is 5.12. The first-order valence-electron chi connectivity index (χ1n) is 7.32. The molecule has 2 nitrogen and oxygen atoms in total. The van der Waals surface area contributed by atoms with Crippen molar-refractivity contribution in [2.45, 2.75) is 51.9 Å². The fourth-order valence-electron chi connectivity index (χ4n) is 2.83. The van der Waals surface area contributed by atoms with Gasteiger partial charge in [0.15, 0.2) is 0 Å². The molecule has 0 saturated carbocycles. The Kier molecular flexibility index (Phi) is 3.86. The van der Waals surface area contributed by atoms with Crippen LogP contribution in [0.1, 0.15) is 25.0 Å². The van der Waals surface area contributed by atoms with Gasteiger partial charge in [0.2, 0.25) is 5.91 Å². The standard InChI is InChI=1S/C16H25NOSi/c1-6-12-9-8-10-13(7-2)15(12)17-11-14(16(17)18)19(3,4)5/h8-10,14H,6-7,11H2,1-5H3. The highest BCUT2D eigenvalue weighted by Gasteiger charge is 2.46. The molecule has 1 aliphatic heterocycles. The predicted molar refractivity (Wildman–Crippen MR) is 84.6 cm³/mol. The third-order valence-corrected chi connectivity index (χ3v) is 6.73. The average Bonchev–Trinajstić information content (AvgIpc) is 2.35. The first-order chi connectivity index (χ1) is 8.90. The molecule has 2 rings (SSSR count). The van der Waals surface area contributed by atoms with Crippen molar-refractivity contribution in [3.05, 3.63) is 29.3 Å². The molecule has 104 valence electrons. The van der Waals surface area contributed by atoms with Gasteiger partial charge in [-0.25, -0.2) is 0 Å². The van der Waals surface area contributed by atoms with Crippen LogP contribution in [0.15, 0.2) is 18.2 Å². The molecule has 0 spiro atoms. The van der Waals surface area contributed by atoms with E-state index in [-0.39, 0.29) is 0 Å². The van der Waals surface area contributed by atoms with E-state index >= 15 is 0 Å². The van der Waals surface area contributed by atoms with E-state index < -0.39 is 8.07 Å². The number of amides is 1. The van der Waals surface area contributed by atoms with E-state index in [4.69, 9.17) is 0 Å². The second-order valence-electron chi connectivity index (χ2n) is 6.50. The van der Waals surface area contributed by atoms with E-state index in [1.165, 1.54) is 16.8 Å². The maximum atomic E-state index is 12.5. The molecule has 1 heterocycles. The van der Waals surface area contributed by atoms with Crippen LogP contribution in [0, 0.1) is 0 Å². The summed E-state index contributed by atoms with van der Waals surface area (Å²) in [5.41, 5.74) is 4.12. The monoisotopic (exact) mass is 275 g/mol. The van der Waals surface area contributed by atoms with Crippen LogP contribution in [0.25, 0.3) is 0 Å². The van der Waals surface area contributed by atoms with Crippen LogP contribution in [-0.2, 0) is 17.6 Å². The van der Waals surface area contributed by atoms with Crippen LogP contribution in [0.2, 0.25) is 25.2 Å². The number of carbonyl (C=O) groups excluding carboxylic acids is 1. The van der Waals surface area contributed by atoms with Gasteiger partial charge in [-0.05, 0) is 24.0 Å². The molecule has 0 aliphatic carbocycles. The zero-order valence-electron chi connectivity index (χ0n) is 12.8. The fourth-order valence-corrected chi connectivity index (χ4v) is 4.46. The molecule has 0 N–H and O–H groups in total. The van der Waals surface area contributed by atoms with Crippen LogP contribution in [0.4, 0.5) is 5.69 Å². The van der Waals surface area contributed by atoms with Gasteiger partial charge in [0, 0.05) is 17.8 Å². The van der Waals surface area contributed by atoms with Crippen molar-refractivity contribution >= 4 is 19.7 Å². The van der Waals surface area contributed by atoms with Crippen molar-refractivity contribution < 1.29 is 4.79 Å². The Balaban J connectivity index is 2.33. The first kappa shape index (κ1) is 14.3. The SMILES string of the molecule is CCc1cccc(CC)c1N1CC([Si](C)(C)C)C1=O. The van der Waals surface area contributed by atoms with Crippen LogP contribution in [0.3, 0.4) is 0 Å². The van der Waals surface area contributed by atoms with Gasteiger partial charge in [-0.15, -0.1) is 0 Å². The lowest BCUT2D eigenvalue weighted by Gasteiger charge is -2.45. The van der Waals surface area contributed by atoms with Gasteiger partial charge in [-0.3, -0.25) is 4.79 Å². The van der Waals surface area contributed by atoms with Gasteiger partial charge in [0.25, 0.3) is 0 Å². The van der Waals surface area contributed by atoms with Gasteiger partial charge in [0.05, 0.1) is 8.07 Å². The van der Waals surface area contributed by atoms with Crippen molar-refractivity contribution in [3.63, 3.8) is 0 Å². The van der Waals surface area contributed by atoms with E-state index in [1.807, 2.05) is 4.90 Å². The van der Waals surface area contributed by atoms with Crippen molar-refractivity contribution in [1.29, 1.82) is 0 Å². The summed E-state index contributed by atoms with van der Waals surface area (Å²) < 4.78 is 0. The number of nitrogens with zero attached hydrogens (tertiary/aromatic N) is 1. The summed E-state index contributed by atoms with van der Waals surface area (Å²) in [6.07, 6.45) is 1.98. The summed E-state index contributed by atoms with van der Waals surface area (Å²) in [6.45, 7) is 12.1. The highest BCUT2D eigenvalue weighted by molar-refractivity contribution is 6.81. The van der Waals surface area contributed by atoms with Crippen molar-refractivity contribution in [2.75, 3.05) is 11.4 Å². The molecule has 19 heavy (non-hydrogen) atoms. The highest BCUT2D eigenvalue weighted by atomic mass is 28.3. The maximum absolute atomic E-state index is 12.5. The zero-order valence-corrected chi connectivity index (χ0v) is 13.8. The molecule has 1 saturated heterocycles. The number of hydrogen-bond acceptors (Lipinski definition) is 1. The Morgan fingerprint density at radius 2 is 1.68 bits per heavy atom. The van der Waals surface area contributed by atoms with E-state index in [2.05, 4.69) is 51.7 Å². The number of hydrogen-bond donors (Lipinski definition) is 0. The van der Waals surface area contributed by atoms with Crippen LogP contribution in [-0.4, -0.2) is 20.5 Å². The maximum Gasteiger partial charge on any atom is 0.229 e. The molecule has 1 aromatic rings. The van der Waals surface area contributed by atoms with E-state index in [1.54, 1.807) is 0 Å². The minimum absolute atomic E-state index is 0.308. The van der Waals surface area contributed by atoms with Crippen molar-refractivity contribution in [2.24, 2.45) is 0 Å².